The highest BCUT2D eigenvalue weighted by Crippen LogP contribution is 2.37. The predicted octanol–water partition coefficient (Wildman–Crippen LogP) is 3.11. The molecule has 1 atom stereocenters. The van der Waals surface area contributed by atoms with Crippen LogP contribution < -0.4 is 4.90 Å². The molecule has 0 spiro atoms. The summed E-state index contributed by atoms with van der Waals surface area (Å²) in [6, 6.07) is 18.2. The van der Waals surface area contributed by atoms with Crippen LogP contribution in [0.5, 0.6) is 0 Å². The highest BCUT2D eigenvalue weighted by molar-refractivity contribution is 6.04. The summed E-state index contributed by atoms with van der Waals surface area (Å²) in [5.74, 6) is 0.378. The van der Waals surface area contributed by atoms with E-state index in [1.165, 1.54) is 0 Å². The van der Waals surface area contributed by atoms with Crippen LogP contribution >= 0.6 is 0 Å². The average Bonchev–Trinajstić information content (AvgIpc) is 3.01. The average molecular weight is 289 g/mol. The Morgan fingerprint density at radius 2 is 1.73 bits per heavy atom. The predicted molar refractivity (Wildman–Crippen MR) is 85.1 cm³/mol. The number of para-hydroxylation sites is 1. The lowest BCUT2D eigenvalue weighted by Crippen LogP contribution is -2.27. The zero-order valence-corrected chi connectivity index (χ0v) is 12.2. The largest absolute Gasteiger partial charge is 0.315 e. The number of anilines is 1. The van der Waals surface area contributed by atoms with E-state index in [4.69, 9.17) is 0 Å². The molecule has 2 heterocycles. The molecule has 1 aliphatic heterocycles. The van der Waals surface area contributed by atoms with Crippen molar-refractivity contribution in [2.24, 2.45) is 0 Å². The van der Waals surface area contributed by atoms with Gasteiger partial charge < -0.3 is 9.47 Å². The summed E-state index contributed by atoms with van der Waals surface area (Å²) < 4.78 is 1.96. The van der Waals surface area contributed by atoms with Gasteiger partial charge in [-0.1, -0.05) is 48.5 Å². The van der Waals surface area contributed by atoms with Gasteiger partial charge in [-0.15, -0.1) is 0 Å². The number of rotatable bonds is 1. The Morgan fingerprint density at radius 1 is 1.00 bits per heavy atom. The topological polar surface area (TPSA) is 38.1 Å². The number of imidazole rings is 1. The van der Waals surface area contributed by atoms with Crippen LogP contribution in [0.15, 0.2) is 67.0 Å². The number of benzene rings is 2. The Hall–Kier alpha value is -2.88. The van der Waals surface area contributed by atoms with E-state index < -0.39 is 0 Å². The van der Waals surface area contributed by atoms with Gasteiger partial charge in [0.2, 0.25) is 0 Å². The molecule has 0 bridgehead atoms. The van der Waals surface area contributed by atoms with Crippen molar-refractivity contribution in [3.8, 4) is 0 Å². The number of carbonyl (C=O) groups excluding carboxylic acids is 1. The molecule has 1 aromatic heterocycles. The highest BCUT2D eigenvalue weighted by Gasteiger charge is 2.31. The van der Waals surface area contributed by atoms with Crippen LogP contribution in [0.2, 0.25) is 0 Å². The van der Waals surface area contributed by atoms with Crippen molar-refractivity contribution in [1.82, 2.24) is 9.55 Å². The standard InChI is InChI=1S/C18H15N3O/c1-20-15-10-6-5-9-14(15)16(13-7-3-2-4-8-13)21-12-11-19-17(21)18(20)22/h2-12,16H,1H3. The third-order valence-corrected chi connectivity index (χ3v) is 4.15. The number of amides is 1. The first-order valence-electron chi connectivity index (χ1n) is 7.22. The minimum absolute atomic E-state index is 0.0520. The van der Waals surface area contributed by atoms with E-state index in [1.54, 1.807) is 18.1 Å². The third kappa shape index (κ3) is 1.77. The van der Waals surface area contributed by atoms with Crippen LogP contribution in [-0.4, -0.2) is 22.5 Å². The Labute approximate surface area is 128 Å². The van der Waals surface area contributed by atoms with Crippen molar-refractivity contribution in [3.05, 3.63) is 83.9 Å². The van der Waals surface area contributed by atoms with E-state index in [0.29, 0.717) is 5.82 Å². The number of hydrogen-bond donors (Lipinski definition) is 0. The molecule has 0 fully saturated rings. The molecule has 22 heavy (non-hydrogen) atoms. The molecular formula is C18H15N3O. The van der Waals surface area contributed by atoms with E-state index in [-0.39, 0.29) is 11.9 Å². The molecule has 0 aliphatic carbocycles. The van der Waals surface area contributed by atoms with Gasteiger partial charge >= 0.3 is 0 Å². The fourth-order valence-electron chi connectivity index (χ4n) is 3.10. The molecule has 4 nitrogen and oxygen atoms in total. The van der Waals surface area contributed by atoms with Gasteiger partial charge in [-0.3, -0.25) is 4.79 Å². The summed E-state index contributed by atoms with van der Waals surface area (Å²) in [4.78, 5) is 18.6. The first kappa shape index (κ1) is 12.8. The van der Waals surface area contributed by atoms with Crippen LogP contribution in [0.25, 0.3) is 0 Å². The normalized spacial score (nSPS) is 16.9. The molecule has 1 amide bonds. The van der Waals surface area contributed by atoms with E-state index in [1.807, 2.05) is 47.2 Å². The first-order chi connectivity index (χ1) is 10.8. The number of fused-ring (bicyclic) bond motifs is 2. The summed E-state index contributed by atoms with van der Waals surface area (Å²) >= 11 is 0. The van der Waals surface area contributed by atoms with Crippen LogP contribution in [0.3, 0.4) is 0 Å². The van der Waals surface area contributed by atoms with Crippen molar-refractivity contribution < 1.29 is 4.79 Å². The second-order valence-electron chi connectivity index (χ2n) is 5.39. The summed E-state index contributed by atoms with van der Waals surface area (Å²) in [6.45, 7) is 0. The second kappa shape index (κ2) is 4.84. The Kier molecular flexibility index (Phi) is 2.82. The molecule has 1 unspecified atom stereocenters. The molecule has 0 saturated heterocycles. The SMILES string of the molecule is CN1C(=O)c2nccn2C(c2ccccc2)c2ccccc21. The van der Waals surface area contributed by atoms with Gasteiger partial charge in [-0.2, -0.15) is 0 Å². The lowest BCUT2D eigenvalue weighted by molar-refractivity contribution is 0.0981. The summed E-state index contributed by atoms with van der Waals surface area (Å²) in [7, 11) is 1.80. The maximum atomic E-state index is 12.7. The van der Waals surface area contributed by atoms with Crippen molar-refractivity contribution >= 4 is 11.6 Å². The molecule has 0 radical (unpaired) electrons. The number of hydrogen-bond acceptors (Lipinski definition) is 2. The Morgan fingerprint density at radius 3 is 2.55 bits per heavy atom. The van der Waals surface area contributed by atoms with Gasteiger partial charge in [-0.05, 0) is 11.6 Å². The quantitative estimate of drug-likeness (QED) is 0.690. The molecule has 4 heteroatoms. The molecule has 1 aliphatic rings. The van der Waals surface area contributed by atoms with Crippen LogP contribution in [0.1, 0.15) is 27.8 Å². The van der Waals surface area contributed by atoms with Gasteiger partial charge in [0.1, 0.15) is 0 Å². The number of aromatic nitrogens is 2. The molecule has 0 N–H and O–H groups in total. The molecular weight excluding hydrogens is 274 g/mol. The summed E-state index contributed by atoms with van der Waals surface area (Å²) in [5, 5.41) is 0. The molecule has 2 aromatic carbocycles. The fraction of sp³-hybridized carbons (Fsp3) is 0.111. The van der Waals surface area contributed by atoms with Gasteiger partial charge in [-0.25, -0.2) is 4.98 Å². The molecule has 3 aromatic rings. The maximum absolute atomic E-state index is 12.7. The van der Waals surface area contributed by atoms with Crippen LogP contribution in [0, 0.1) is 0 Å². The minimum atomic E-state index is -0.0871. The van der Waals surface area contributed by atoms with E-state index >= 15 is 0 Å². The zero-order valence-electron chi connectivity index (χ0n) is 12.2. The monoisotopic (exact) mass is 289 g/mol. The second-order valence-corrected chi connectivity index (χ2v) is 5.39. The molecule has 0 saturated carbocycles. The maximum Gasteiger partial charge on any atom is 0.294 e. The molecule has 108 valence electrons. The highest BCUT2D eigenvalue weighted by atomic mass is 16.2. The Bertz CT molecular complexity index is 838. The summed E-state index contributed by atoms with van der Waals surface area (Å²) in [5.41, 5.74) is 3.16. The number of carbonyl (C=O) groups is 1. The van der Waals surface area contributed by atoms with E-state index in [9.17, 15) is 4.79 Å². The zero-order chi connectivity index (χ0) is 15.1. The lowest BCUT2D eigenvalue weighted by Gasteiger charge is -2.22. The van der Waals surface area contributed by atoms with Gasteiger partial charge in [0.05, 0.1) is 6.04 Å². The van der Waals surface area contributed by atoms with Crippen molar-refractivity contribution in [1.29, 1.82) is 0 Å². The van der Waals surface area contributed by atoms with Gasteiger partial charge in [0, 0.05) is 30.7 Å². The van der Waals surface area contributed by atoms with Crippen LogP contribution in [0.4, 0.5) is 5.69 Å². The van der Waals surface area contributed by atoms with E-state index in [2.05, 4.69) is 23.2 Å². The minimum Gasteiger partial charge on any atom is -0.315 e. The van der Waals surface area contributed by atoms with Crippen molar-refractivity contribution in [3.63, 3.8) is 0 Å². The summed E-state index contributed by atoms with van der Waals surface area (Å²) in [6.07, 6.45) is 3.56. The van der Waals surface area contributed by atoms with Gasteiger partial charge in [0.25, 0.3) is 5.91 Å². The fourth-order valence-corrected chi connectivity index (χ4v) is 3.10. The number of nitrogens with zero attached hydrogens (tertiary/aromatic N) is 3. The third-order valence-electron chi connectivity index (χ3n) is 4.15. The molecule has 4 rings (SSSR count). The van der Waals surface area contributed by atoms with Crippen LogP contribution in [-0.2, 0) is 0 Å². The Balaban J connectivity index is 2.04. The smallest absolute Gasteiger partial charge is 0.294 e. The van der Waals surface area contributed by atoms with E-state index in [0.717, 1.165) is 16.8 Å². The lowest BCUT2D eigenvalue weighted by atomic mass is 9.97. The van der Waals surface area contributed by atoms with Gasteiger partial charge in [0.15, 0.2) is 5.82 Å². The van der Waals surface area contributed by atoms with Crippen molar-refractivity contribution in [2.45, 2.75) is 6.04 Å². The van der Waals surface area contributed by atoms with Crippen molar-refractivity contribution in [2.75, 3.05) is 11.9 Å². The first-order valence-corrected chi connectivity index (χ1v) is 7.22.